The zero-order valence-corrected chi connectivity index (χ0v) is 11.2. The normalized spacial score (nSPS) is 10.3. The Morgan fingerprint density at radius 1 is 1.16 bits per heavy atom. The average molecular weight is 256 g/mol. The number of rotatable bonds is 2. The molecule has 0 aliphatic rings. The molecule has 0 aliphatic heterocycles. The van der Waals surface area contributed by atoms with Crippen LogP contribution in [0.4, 0.5) is 5.69 Å². The lowest BCUT2D eigenvalue weighted by Crippen LogP contribution is -2.20. The number of nitrogens with one attached hydrogen (secondary N) is 1. The molecule has 0 radical (unpaired) electrons. The molecule has 1 amide bonds. The SMILES string of the molecule is Cc1ccc(NC(=O)c2ccn(C)c(=O)c2)c(C)c1. The van der Waals surface area contributed by atoms with Crippen LogP contribution in [0, 0.1) is 13.8 Å². The molecule has 0 aliphatic carbocycles. The molecule has 0 bridgehead atoms. The number of pyridine rings is 1. The number of hydrogen-bond acceptors (Lipinski definition) is 2. The molecule has 0 atom stereocenters. The lowest BCUT2D eigenvalue weighted by atomic mass is 10.1. The van der Waals surface area contributed by atoms with Crippen LogP contribution in [0.25, 0.3) is 0 Å². The summed E-state index contributed by atoms with van der Waals surface area (Å²) >= 11 is 0. The maximum absolute atomic E-state index is 12.1. The van der Waals surface area contributed by atoms with Crippen molar-refractivity contribution < 1.29 is 4.79 Å². The fourth-order valence-electron chi connectivity index (χ4n) is 1.84. The minimum atomic E-state index is -0.273. The maximum Gasteiger partial charge on any atom is 0.255 e. The van der Waals surface area contributed by atoms with E-state index in [1.165, 1.54) is 10.6 Å². The zero-order chi connectivity index (χ0) is 14.0. The summed E-state index contributed by atoms with van der Waals surface area (Å²) < 4.78 is 1.42. The van der Waals surface area contributed by atoms with E-state index in [0.717, 1.165) is 16.8 Å². The summed E-state index contributed by atoms with van der Waals surface area (Å²) in [4.78, 5) is 23.5. The molecule has 4 heteroatoms. The largest absolute Gasteiger partial charge is 0.322 e. The number of benzene rings is 1. The third-order valence-corrected chi connectivity index (χ3v) is 3.00. The molecule has 0 saturated carbocycles. The van der Waals surface area contributed by atoms with Crippen molar-refractivity contribution >= 4 is 11.6 Å². The minimum absolute atomic E-state index is 0.201. The van der Waals surface area contributed by atoms with E-state index in [-0.39, 0.29) is 11.5 Å². The van der Waals surface area contributed by atoms with E-state index in [1.54, 1.807) is 19.3 Å². The van der Waals surface area contributed by atoms with Crippen molar-refractivity contribution in [3.8, 4) is 0 Å². The number of hydrogen-bond donors (Lipinski definition) is 1. The van der Waals surface area contributed by atoms with Crippen LogP contribution < -0.4 is 10.9 Å². The average Bonchev–Trinajstić information content (AvgIpc) is 2.36. The quantitative estimate of drug-likeness (QED) is 0.896. The van der Waals surface area contributed by atoms with Crippen molar-refractivity contribution in [2.24, 2.45) is 7.05 Å². The van der Waals surface area contributed by atoms with Gasteiger partial charge in [-0.1, -0.05) is 17.7 Å². The van der Waals surface area contributed by atoms with Gasteiger partial charge in [0.15, 0.2) is 0 Å². The molecule has 2 aromatic rings. The van der Waals surface area contributed by atoms with E-state index in [1.807, 2.05) is 32.0 Å². The Balaban J connectivity index is 2.25. The summed E-state index contributed by atoms with van der Waals surface area (Å²) in [6, 6.07) is 8.76. The number of carbonyl (C=O) groups is 1. The molecule has 2 rings (SSSR count). The highest BCUT2D eigenvalue weighted by Crippen LogP contribution is 2.16. The Bertz CT molecular complexity index is 687. The second kappa shape index (κ2) is 5.10. The first-order valence-corrected chi connectivity index (χ1v) is 6.02. The fourth-order valence-corrected chi connectivity index (χ4v) is 1.84. The van der Waals surface area contributed by atoms with Gasteiger partial charge >= 0.3 is 0 Å². The van der Waals surface area contributed by atoms with Crippen molar-refractivity contribution in [3.63, 3.8) is 0 Å². The van der Waals surface area contributed by atoms with Gasteiger partial charge in [0, 0.05) is 30.6 Å². The van der Waals surface area contributed by atoms with Gasteiger partial charge in [-0.25, -0.2) is 0 Å². The van der Waals surface area contributed by atoms with Crippen molar-refractivity contribution in [1.29, 1.82) is 0 Å². The van der Waals surface area contributed by atoms with Crippen molar-refractivity contribution in [3.05, 3.63) is 63.6 Å². The van der Waals surface area contributed by atoms with Gasteiger partial charge in [-0.3, -0.25) is 9.59 Å². The predicted molar refractivity (Wildman–Crippen MR) is 75.6 cm³/mol. The highest BCUT2D eigenvalue weighted by molar-refractivity contribution is 6.04. The van der Waals surface area contributed by atoms with Gasteiger partial charge in [0.25, 0.3) is 11.5 Å². The van der Waals surface area contributed by atoms with Crippen LogP contribution in [-0.4, -0.2) is 10.5 Å². The minimum Gasteiger partial charge on any atom is -0.322 e. The summed E-state index contributed by atoms with van der Waals surface area (Å²) in [6.45, 7) is 3.94. The summed E-state index contributed by atoms with van der Waals surface area (Å²) in [5.41, 5.74) is 3.06. The maximum atomic E-state index is 12.1. The molecule has 0 fully saturated rings. The van der Waals surface area contributed by atoms with Gasteiger partial charge in [0.1, 0.15) is 0 Å². The second-order valence-corrected chi connectivity index (χ2v) is 4.64. The van der Waals surface area contributed by atoms with Gasteiger partial charge in [-0.2, -0.15) is 0 Å². The van der Waals surface area contributed by atoms with Gasteiger partial charge in [-0.05, 0) is 31.5 Å². The molecule has 1 aromatic heterocycles. The summed E-state index contributed by atoms with van der Waals surface area (Å²) in [5.74, 6) is -0.273. The summed E-state index contributed by atoms with van der Waals surface area (Å²) in [7, 11) is 1.65. The first kappa shape index (κ1) is 13.1. The lowest BCUT2D eigenvalue weighted by molar-refractivity contribution is 0.102. The molecule has 98 valence electrons. The van der Waals surface area contributed by atoms with Gasteiger partial charge < -0.3 is 9.88 Å². The second-order valence-electron chi connectivity index (χ2n) is 4.64. The Kier molecular flexibility index (Phi) is 3.51. The van der Waals surface area contributed by atoms with Crippen LogP contribution in [-0.2, 0) is 7.05 Å². The molecule has 4 nitrogen and oxygen atoms in total. The van der Waals surface area contributed by atoms with Crippen molar-refractivity contribution in [2.45, 2.75) is 13.8 Å². The Morgan fingerprint density at radius 3 is 2.53 bits per heavy atom. The molecular formula is C15H16N2O2. The Morgan fingerprint density at radius 2 is 1.89 bits per heavy atom. The highest BCUT2D eigenvalue weighted by atomic mass is 16.2. The number of carbonyl (C=O) groups excluding carboxylic acids is 1. The van der Waals surface area contributed by atoms with Gasteiger partial charge in [0.05, 0.1) is 0 Å². The van der Waals surface area contributed by atoms with Crippen LogP contribution in [0.15, 0.2) is 41.3 Å². The van der Waals surface area contributed by atoms with Crippen LogP contribution >= 0.6 is 0 Å². The third-order valence-electron chi connectivity index (χ3n) is 3.00. The van der Waals surface area contributed by atoms with E-state index < -0.39 is 0 Å². The molecule has 19 heavy (non-hydrogen) atoms. The topological polar surface area (TPSA) is 51.1 Å². The van der Waals surface area contributed by atoms with Crippen LogP contribution in [0.5, 0.6) is 0 Å². The van der Waals surface area contributed by atoms with Crippen LogP contribution in [0.1, 0.15) is 21.5 Å². The number of aryl methyl sites for hydroxylation is 3. The monoisotopic (exact) mass is 256 g/mol. The Hall–Kier alpha value is -2.36. The van der Waals surface area contributed by atoms with Gasteiger partial charge in [-0.15, -0.1) is 0 Å². The molecule has 0 saturated heterocycles. The predicted octanol–water partition coefficient (Wildman–Crippen LogP) is 2.25. The number of nitrogens with zero attached hydrogens (tertiary/aromatic N) is 1. The highest BCUT2D eigenvalue weighted by Gasteiger charge is 2.08. The van der Waals surface area contributed by atoms with E-state index in [0.29, 0.717) is 5.56 Å². The first-order valence-electron chi connectivity index (χ1n) is 6.02. The molecular weight excluding hydrogens is 240 g/mol. The molecule has 1 heterocycles. The molecule has 1 aromatic carbocycles. The van der Waals surface area contributed by atoms with E-state index in [4.69, 9.17) is 0 Å². The standard InChI is InChI=1S/C15H16N2O2/c1-10-4-5-13(11(2)8-10)16-15(19)12-6-7-17(3)14(18)9-12/h4-9H,1-3H3,(H,16,19). The van der Waals surface area contributed by atoms with Gasteiger partial charge in [0.2, 0.25) is 0 Å². The van der Waals surface area contributed by atoms with E-state index in [2.05, 4.69) is 5.32 Å². The van der Waals surface area contributed by atoms with Crippen molar-refractivity contribution in [1.82, 2.24) is 4.57 Å². The lowest BCUT2D eigenvalue weighted by Gasteiger charge is -2.09. The number of aromatic nitrogens is 1. The van der Waals surface area contributed by atoms with E-state index in [9.17, 15) is 9.59 Å². The first-order chi connectivity index (χ1) is 8.97. The molecule has 1 N–H and O–H groups in total. The number of amides is 1. The molecule has 0 unspecified atom stereocenters. The number of anilines is 1. The van der Waals surface area contributed by atoms with Crippen molar-refractivity contribution in [2.75, 3.05) is 5.32 Å². The smallest absolute Gasteiger partial charge is 0.255 e. The molecule has 0 spiro atoms. The van der Waals surface area contributed by atoms with Crippen LogP contribution in [0.2, 0.25) is 0 Å². The van der Waals surface area contributed by atoms with E-state index >= 15 is 0 Å². The summed E-state index contributed by atoms with van der Waals surface area (Å²) in [5, 5.41) is 2.81. The summed E-state index contributed by atoms with van der Waals surface area (Å²) in [6.07, 6.45) is 1.58. The zero-order valence-electron chi connectivity index (χ0n) is 11.2. The van der Waals surface area contributed by atoms with Crippen LogP contribution in [0.3, 0.4) is 0 Å². The third kappa shape index (κ3) is 2.91. The Labute approximate surface area is 111 Å². The fraction of sp³-hybridized carbons (Fsp3) is 0.200.